The van der Waals surface area contributed by atoms with E-state index < -0.39 is 11.6 Å². The smallest absolute Gasteiger partial charge is 0.262 e. The highest BCUT2D eigenvalue weighted by Gasteiger charge is 2.25. The summed E-state index contributed by atoms with van der Waals surface area (Å²) >= 11 is 3.42. The van der Waals surface area contributed by atoms with Crippen LogP contribution < -0.4 is 10.1 Å². The second-order valence-corrected chi connectivity index (χ2v) is 7.87. The minimum absolute atomic E-state index is 0.203. The van der Waals surface area contributed by atoms with E-state index in [4.69, 9.17) is 10.00 Å². The number of aromatic nitrogens is 1. The standard InChI is InChI=1S/C22H24BrN3O2/c1-4-20(21(27)26-22(2,3)11-7-5-6-8-12-24)28-18-9-10-19-16(14-18)13-17(23)15-25-19/h9-10,13-15,20H,4-6,8H2,1-3H3,(H,26,27). The van der Waals surface area contributed by atoms with Crippen LogP contribution in [-0.4, -0.2) is 22.5 Å². The number of amides is 1. The number of halogens is 1. The fourth-order valence-electron chi connectivity index (χ4n) is 2.60. The Morgan fingerprint density at radius 2 is 2.14 bits per heavy atom. The molecule has 1 atom stereocenters. The van der Waals surface area contributed by atoms with Crippen molar-refractivity contribution in [3.8, 4) is 23.7 Å². The lowest BCUT2D eigenvalue weighted by Crippen LogP contribution is -2.48. The molecule has 2 rings (SSSR count). The number of nitrogens with one attached hydrogen (secondary N) is 1. The molecular formula is C22H24BrN3O2. The molecule has 0 saturated heterocycles. The van der Waals surface area contributed by atoms with Crippen molar-refractivity contribution < 1.29 is 9.53 Å². The summed E-state index contributed by atoms with van der Waals surface area (Å²) < 4.78 is 6.82. The van der Waals surface area contributed by atoms with Crippen LogP contribution in [0.15, 0.2) is 34.9 Å². The van der Waals surface area contributed by atoms with Crippen molar-refractivity contribution in [3.63, 3.8) is 0 Å². The number of fused-ring (bicyclic) bond motifs is 1. The molecule has 6 heteroatoms. The van der Waals surface area contributed by atoms with Crippen LogP contribution in [0.1, 0.15) is 46.5 Å². The van der Waals surface area contributed by atoms with Gasteiger partial charge in [0.05, 0.1) is 17.1 Å². The number of hydrogen-bond acceptors (Lipinski definition) is 4. The van der Waals surface area contributed by atoms with Gasteiger partial charge in [0, 0.05) is 28.9 Å². The number of unbranched alkanes of at least 4 members (excludes halogenated alkanes) is 2. The van der Waals surface area contributed by atoms with Gasteiger partial charge in [-0.05, 0) is 66.9 Å². The van der Waals surface area contributed by atoms with Crippen molar-refractivity contribution in [2.75, 3.05) is 0 Å². The van der Waals surface area contributed by atoms with Gasteiger partial charge in [0.25, 0.3) is 5.91 Å². The van der Waals surface area contributed by atoms with E-state index in [9.17, 15) is 4.79 Å². The van der Waals surface area contributed by atoms with Crippen molar-refractivity contribution >= 4 is 32.7 Å². The first-order valence-electron chi connectivity index (χ1n) is 9.25. The van der Waals surface area contributed by atoms with Crippen molar-refractivity contribution in [1.29, 1.82) is 5.26 Å². The quantitative estimate of drug-likeness (QED) is 0.496. The maximum atomic E-state index is 12.7. The van der Waals surface area contributed by atoms with Crippen LogP contribution >= 0.6 is 15.9 Å². The number of rotatable bonds is 7. The number of nitrogens with zero attached hydrogens (tertiary/aromatic N) is 2. The van der Waals surface area contributed by atoms with Gasteiger partial charge in [0.15, 0.2) is 6.10 Å². The van der Waals surface area contributed by atoms with Crippen molar-refractivity contribution in [2.45, 2.75) is 58.1 Å². The van der Waals surface area contributed by atoms with Crippen molar-refractivity contribution in [2.24, 2.45) is 0 Å². The number of ether oxygens (including phenoxy) is 1. The lowest BCUT2D eigenvalue weighted by atomic mass is 10.0. The normalized spacial score (nSPS) is 11.8. The summed E-state index contributed by atoms with van der Waals surface area (Å²) in [4.78, 5) is 17.0. The molecule has 146 valence electrons. The molecule has 1 N–H and O–H groups in total. The third-order valence-electron chi connectivity index (χ3n) is 3.99. The van der Waals surface area contributed by atoms with Gasteiger partial charge < -0.3 is 10.1 Å². The first kappa shape index (κ1) is 21.7. The average Bonchev–Trinajstić information content (AvgIpc) is 2.65. The van der Waals surface area contributed by atoms with Gasteiger partial charge in [-0.15, -0.1) is 5.92 Å². The number of benzene rings is 1. The highest BCUT2D eigenvalue weighted by molar-refractivity contribution is 9.10. The van der Waals surface area contributed by atoms with Crippen LogP contribution in [0, 0.1) is 23.2 Å². The minimum atomic E-state index is -0.668. The summed E-state index contributed by atoms with van der Waals surface area (Å²) in [5.41, 5.74) is 0.194. The van der Waals surface area contributed by atoms with E-state index in [1.807, 2.05) is 45.0 Å². The molecule has 1 heterocycles. The Morgan fingerprint density at radius 3 is 2.86 bits per heavy atom. The van der Waals surface area contributed by atoms with E-state index >= 15 is 0 Å². The van der Waals surface area contributed by atoms with Crippen LogP contribution in [0.4, 0.5) is 0 Å². The number of carbonyl (C=O) groups excluding carboxylic acids is 1. The highest BCUT2D eigenvalue weighted by atomic mass is 79.9. The topological polar surface area (TPSA) is 75.0 Å². The average molecular weight is 442 g/mol. The van der Waals surface area contributed by atoms with E-state index in [0.717, 1.165) is 21.8 Å². The zero-order valence-corrected chi connectivity index (χ0v) is 18.0. The van der Waals surface area contributed by atoms with Gasteiger partial charge >= 0.3 is 0 Å². The fourth-order valence-corrected chi connectivity index (χ4v) is 2.95. The van der Waals surface area contributed by atoms with Gasteiger partial charge in [0.2, 0.25) is 0 Å². The van der Waals surface area contributed by atoms with Crippen molar-refractivity contribution in [3.05, 3.63) is 34.9 Å². The Balaban J connectivity index is 2.04. The molecule has 1 unspecified atom stereocenters. The number of nitriles is 1. The summed E-state index contributed by atoms with van der Waals surface area (Å²) in [5, 5.41) is 12.4. The minimum Gasteiger partial charge on any atom is -0.481 e. The number of pyridine rings is 1. The molecule has 28 heavy (non-hydrogen) atoms. The Bertz CT molecular complexity index is 938. The monoisotopic (exact) mass is 441 g/mol. The first-order valence-corrected chi connectivity index (χ1v) is 10.0. The van der Waals surface area contributed by atoms with Gasteiger partial charge in [0.1, 0.15) is 5.75 Å². The third kappa shape index (κ3) is 6.55. The molecular weight excluding hydrogens is 418 g/mol. The molecule has 1 aromatic carbocycles. The molecule has 0 fully saturated rings. The molecule has 0 aliphatic heterocycles. The fraction of sp³-hybridized carbons (Fsp3) is 0.409. The summed E-state index contributed by atoms with van der Waals surface area (Å²) in [6.45, 7) is 5.62. The van der Waals surface area contributed by atoms with E-state index in [0.29, 0.717) is 25.0 Å². The Labute approximate surface area is 174 Å². The molecule has 0 spiro atoms. The number of carbonyl (C=O) groups is 1. The molecule has 0 radical (unpaired) electrons. The molecule has 0 saturated carbocycles. The predicted molar refractivity (Wildman–Crippen MR) is 114 cm³/mol. The molecule has 1 aromatic heterocycles. The molecule has 0 aliphatic rings. The van der Waals surface area contributed by atoms with E-state index in [1.54, 1.807) is 6.20 Å². The van der Waals surface area contributed by atoms with Crippen LogP contribution in [0.2, 0.25) is 0 Å². The Hall–Kier alpha value is -2.57. The predicted octanol–water partition coefficient (Wildman–Crippen LogP) is 4.75. The Morgan fingerprint density at radius 1 is 1.36 bits per heavy atom. The summed E-state index contributed by atoms with van der Waals surface area (Å²) in [7, 11) is 0. The lowest BCUT2D eigenvalue weighted by Gasteiger charge is -2.24. The number of hydrogen-bond donors (Lipinski definition) is 1. The molecule has 2 aromatic rings. The van der Waals surface area contributed by atoms with Gasteiger partial charge in [-0.3, -0.25) is 9.78 Å². The van der Waals surface area contributed by atoms with E-state index in [2.05, 4.69) is 44.1 Å². The third-order valence-corrected chi connectivity index (χ3v) is 4.42. The maximum Gasteiger partial charge on any atom is 0.262 e. The molecule has 0 bridgehead atoms. The first-order chi connectivity index (χ1) is 13.3. The SMILES string of the molecule is CCC(Oc1ccc2ncc(Br)cc2c1)C(=O)NC(C)(C)C#CCCCC#N. The second kappa shape index (κ2) is 10.1. The van der Waals surface area contributed by atoms with Gasteiger partial charge in [-0.2, -0.15) is 5.26 Å². The summed E-state index contributed by atoms with van der Waals surface area (Å²) in [6, 6.07) is 9.63. The summed E-state index contributed by atoms with van der Waals surface area (Å²) in [5.74, 6) is 6.51. The molecule has 0 aliphatic carbocycles. The van der Waals surface area contributed by atoms with Crippen molar-refractivity contribution in [1.82, 2.24) is 10.3 Å². The van der Waals surface area contributed by atoms with Crippen LogP contribution in [-0.2, 0) is 4.79 Å². The van der Waals surface area contributed by atoms with E-state index in [-0.39, 0.29) is 5.91 Å². The zero-order chi connectivity index (χ0) is 20.6. The van der Waals surface area contributed by atoms with Crippen LogP contribution in [0.3, 0.4) is 0 Å². The molecule has 5 nitrogen and oxygen atoms in total. The zero-order valence-electron chi connectivity index (χ0n) is 16.4. The second-order valence-electron chi connectivity index (χ2n) is 6.95. The molecule has 1 amide bonds. The van der Waals surface area contributed by atoms with Crippen LogP contribution in [0.5, 0.6) is 5.75 Å². The van der Waals surface area contributed by atoms with Crippen LogP contribution in [0.25, 0.3) is 10.9 Å². The van der Waals surface area contributed by atoms with Gasteiger partial charge in [-0.1, -0.05) is 12.8 Å². The highest BCUT2D eigenvalue weighted by Crippen LogP contribution is 2.23. The largest absolute Gasteiger partial charge is 0.481 e. The Kier molecular flexibility index (Phi) is 7.84. The van der Waals surface area contributed by atoms with Gasteiger partial charge in [-0.25, -0.2) is 0 Å². The maximum absolute atomic E-state index is 12.7. The summed E-state index contributed by atoms with van der Waals surface area (Å²) in [6.07, 6.45) is 3.53. The van der Waals surface area contributed by atoms with E-state index in [1.165, 1.54) is 0 Å². The lowest BCUT2D eigenvalue weighted by molar-refractivity contribution is -0.129.